The molecule has 5 heterocycles. The van der Waals surface area contributed by atoms with E-state index in [9.17, 15) is 107 Å². The summed E-state index contributed by atoms with van der Waals surface area (Å²) in [5.41, 5.74) is 19.0. The van der Waals surface area contributed by atoms with Crippen LogP contribution in [0.5, 0.6) is 0 Å². The van der Waals surface area contributed by atoms with Crippen molar-refractivity contribution < 1.29 is 116 Å². The van der Waals surface area contributed by atoms with Gasteiger partial charge in [-0.3, -0.25) is 96.2 Å². The number of aliphatic hydroxyl groups is 2. The molecule has 830 valence electrons. The van der Waals surface area contributed by atoms with Gasteiger partial charge in [0.05, 0.1) is 76.6 Å². The Morgan fingerprint density at radius 1 is 0.607 bits per heavy atom. The lowest BCUT2D eigenvalue weighted by molar-refractivity contribution is -0.142. The second-order valence-electron chi connectivity index (χ2n) is 37.5. The van der Waals surface area contributed by atoms with Gasteiger partial charge in [-0.15, -0.1) is 10.2 Å². The monoisotopic (exact) mass is 2110 g/mol. The molecular formula is C100H156N26O24. The van der Waals surface area contributed by atoms with Gasteiger partial charge in [-0.1, -0.05) is 144 Å². The van der Waals surface area contributed by atoms with Gasteiger partial charge in [-0.25, -0.2) is 4.98 Å². The molecule has 2 aliphatic heterocycles. The number of aliphatic hydroxyl groups excluding tert-OH is 2. The van der Waals surface area contributed by atoms with Gasteiger partial charge >= 0.3 is 11.9 Å². The van der Waals surface area contributed by atoms with E-state index in [1.54, 1.807) is 43.6 Å². The molecule has 12 atom stereocenters. The summed E-state index contributed by atoms with van der Waals surface area (Å²) in [6.07, 6.45) is 22.1. The molecule has 50 heteroatoms. The molecule has 0 unspecified atom stereocenters. The summed E-state index contributed by atoms with van der Waals surface area (Å²) in [5, 5.41) is 88.7. The third-order valence-corrected chi connectivity index (χ3v) is 25.2. The summed E-state index contributed by atoms with van der Waals surface area (Å²) in [6.45, 7) is 2.35. The quantitative estimate of drug-likeness (QED) is 0.0122. The Balaban J connectivity index is 0.000000480. The summed E-state index contributed by atoms with van der Waals surface area (Å²) in [5.74, 6) is -12.4. The summed E-state index contributed by atoms with van der Waals surface area (Å²) in [6, 6.07) is 2.71. The number of hydrogen-bond donors (Lipinski definition) is 23. The smallest absolute Gasteiger partial charge is 0.317 e. The van der Waals surface area contributed by atoms with E-state index in [-0.39, 0.29) is 152 Å². The van der Waals surface area contributed by atoms with E-state index in [0.717, 1.165) is 54.4 Å². The first-order chi connectivity index (χ1) is 72.0. The van der Waals surface area contributed by atoms with Crippen LogP contribution in [0.15, 0.2) is 78.3 Å². The van der Waals surface area contributed by atoms with Crippen LogP contribution in [0.3, 0.4) is 0 Å². The predicted octanol–water partition coefficient (Wildman–Crippen LogP) is -1.30. The fraction of sp³-hybridized carbons (Fsp3) is 0.630. The van der Waals surface area contributed by atoms with Crippen molar-refractivity contribution in [1.82, 2.24) is 114 Å². The number of unbranched alkanes of at least 4 members (excludes halogenated alkanes) is 14. The highest BCUT2D eigenvalue weighted by molar-refractivity contribution is 6.00. The number of likely N-dealkylation sites (N-methyl/N-ethyl adjacent to an activating group) is 1. The average molecular weight is 2110 g/mol. The van der Waals surface area contributed by atoms with E-state index in [2.05, 4.69) is 110 Å². The van der Waals surface area contributed by atoms with Gasteiger partial charge < -0.3 is 131 Å². The SMILES string of the molecule is CCCC[C@H](NC(=O)[C@H](CCCCN(CC(=O)O)CC(=O)O)NC(=O)[C@H](Cc1cnc[nH]1)NC(=O)[C@H](CCC(N)=O)NC(=O)[C@H](CO)NC(=O)CNC(=O)COCCOCCNC(=O)CCCCCCCCCCCCCCCc1nn[nH]n1)C(C)=O.CN[C@H]1CCC(=O)NCCCC[C@@H](C(C)=O)NC(=O)[C@H](Cc2c[nH]c3ccccc23)NC(=O)[C@H](CCCN=C(N)N)NC(=O)[C@@H](Cc2ccccc2)NC(=O)[C@@H]2C[C@@H](O)CN2C1=O. The number of carbonyl (C=O) groups excluding carboxylic acids is 16. The van der Waals surface area contributed by atoms with Crippen molar-refractivity contribution in [3.63, 3.8) is 0 Å². The number of imidazole rings is 1. The van der Waals surface area contributed by atoms with Crippen LogP contribution < -0.4 is 86.3 Å². The third-order valence-electron chi connectivity index (χ3n) is 25.2. The number of nitrogens with zero attached hydrogens (tertiary/aromatic N) is 7. The number of aromatic amines is 3. The number of para-hydroxylation sites is 1. The van der Waals surface area contributed by atoms with Crippen molar-refractivity contribution in [2.24, 2.45) is 22.2 Å². The third kappa shape index (κ3) is 50.0. The van der Waals surface area contributed by atoms with Crippen LogP contribution in [0.2, 0.25) is 0 Å². The number of aryl methyl sites for hydroxylation is 1. The number of carbonyl (C=O) groups is 18. The zero-order valence-corrected chi connectivity index (χ0v) is 86.4. The average Bonchev–Trinajstić information content (AvgIpc) is 1.68. The van der Waals surface area contributed by atoms with Crippen molar-refractivity contribution in [2.45, 2.75) is 312 Å². The van der Waals surface area contributed by atoms with Crippen LogP contribution in [0, 0.1) is 0 Å². The maximum atomic E-state index is 14.4. The normalized spacial score (nSPS) is 18.0. The number of aliphatic imine (C=N–C) groups is 1. The number of nitrogens with two attached hydrogens (primary N) is 3. The summed E-state index contributed by atoms with van der Waals surface area (Å²) in [7, 11) is 1.57. The molecule has 0 aliphatic carbocycles. The van der Waals surface area contributed by atoms with Gasteiger partial charge in [0.1, 0.15) is 54.9 Å². The van der Waals surface area contributed by atoms with Gasteiger partial charge in [0, 0.05) is 107 Å². The highest BCUT2D eigenvalue weighted by Crippen LogP contribution is 2.25. The van der Waals surface area contributed by atoms with Crippen molar-refractivity contribution in [3.05, 3.63) is 96.0 Å². The molecule has 7 rings (SSSR count). The predicted molar refractivity (Wildman–Crippen MR) is 549 cm³/mol. The van der Waals surface area contributed by atoms with Crippen molar-refractivity contribution in [2.75, 3.05) is 92.4 Å². The van der Waals surface area contributed by atoms with Crippen LogP contribution in [-0.2, 0) is 121 Å². The molecule has 2 aromatic carbocycles. The number of hydrogen-bond acceptors (Lipinski definition) is 29. The number of carboxylic acids is 2. The molecular weight excluding hydrogens is 1950 g/mol. The Hall–Kier alpha value is -13.9. The van der Waals surface area contributed by atoms with E-state index in [1.165, 1.54) is 94.0 Å². The number of aliphatic carboxylic acids is 2. The molecule has 3 aromatic heterocycles. The number of carboxylic acid groups (broad SMARTS) is 2. The van der Waals surface area contributed by atoms with E-state index in [0.29, 0.717) is 56.3 Å². The lowest BCUT2D eigenvalue weighted by Gasteiger charge is -2.30. The van der Waals surface area contributed by atoms with Crippen molar-refractivity contribution in [3.8, 4) is 0 Å². The number of rotatable bonds is 64. The Morgan fingerprint density at radius 2 is 1.21 bits per heavy atom. The van der Waals surface area contributed by atoms with Gasteiger partial charge in [0.2, 0.25) is 82.7 Å². The first-order valence-electron chi connectivity index (χ1n) is 51.8. The molecule has 50 nitrogen and oxygen atoms in total. The first-order valence-corrected chi connectivity index (χ1v) is 51.8. The second-order valence-corrected chi connectivity index (χ2v) is 37.5. The highest BCUT2D eigenvalue weighted by atomic mass is 16.5. The molecule has 2 aliphatic rings. The molecule has 0 bridgehead atoms. The number of nitrogens with one attached hydrogen (secondary N) is 16. The summed E-state index contributed by atoms with van der Waals surface area (Å²) in [4.78, 5) is 253. The fourth-order valence-electron chi connectivity index (χ4n) is 17.0. The maximum Gasteiger partial charge on any atom is 0.317 e. The zero-order valence-electron chi connectivity index (χ0n) is 86.4. The standard InChI is InChI=1S/C56H95N15O16.C44H61N11O8/c1-3-4-20-41(39(2)73)63-53(82)42(21-18-19-27-71(34-51(78)79)35-52(80)81)64-55(84)44(31-40-32-58-38-61-40)66-54(83)43(24-25-46(57)74)65-56(85)45(36-72)62-49(76)33-60-50(77)37-87-30-29-86-28-26-59-48(75)23-17-15-13-11-9-7-5-6-8-10-12-14-16-22-47-67-69-70-68-47;1-26(56)31-14-8-9-19-48-38(58)18-17-34(47-2)43(63)55-25-29(57)23-37(55)42(62)54-35(21-27-11-4-3-5-12-27)40(60)52-33(16-10-20-49-44(45)46)39(59)53-36(41(61)51-31)22-28-24-50-32-15-7-6-13-30(28)32/h32,38,41-45,72H,3-31,33-37H2,1-2H3,(H2,57,74)(H,58,61)(H,59,75)(H,60,77)(H,62,76)(H,63,82)(H,64,84)(H,65,85)(H,66,83)(H,78,79)(H,80,81)(H,67,68,69,70);3-7,11-13,15,24,29,31,33-37,47,50,57H,8-10,14,16-23,25H2,1-2H3,(H,48,58)(H,51,61)(H,52,60)(H,53,59)(H,54,62)(H4,45,46,49)/t41-,42-,43-,44-,45-;29-,31+,33+,34+,35-,36+,37+/m01/s1. The topological polar surface area (TPSA) is 759 Å². The minimum absolute atomic E-state index is 0.00372. The van der Waals surface area contributed by atoms with E-state index in [4.69, 9.17) is 26.7 Å². The molecule has 0 saturated carbocycles. The number of amides is 14. The van der Waals surface area contributed by atoms with Gasteiger partial charge in [-0.05, 0) is 128 Å². The number of primary amides is 1. The van der Waals surface area contributed by atoms with Crippen molar-refractivity contribution in [1.29, 1.82) is 0 Å². The molecule has 26 N–H and O–H groups in total. The Labute approximate surface area is 872 Å². The number of benzene rings is 2. The number of ketones is 2. The molecule has 150 heavy (non-hydrogen) atoms. The molecule has 14 amide bonds. The van der Waals surface area contributed by atoms with Crippen LogP contribution in [0.25, 0.3) is 10.9 Å². The number of tetrazole rings is 1. The molecule has 0 radical (unpaired) electrons. The van der Waals surface area contributed by atoms with Crippen LogP contribution in [0.1, 0.15) is 236 Å². The minimum atomic E-state index is -1.68. The second kappa shape index (κ2) is 70.9. The summed E-state index contributed by atoms with van der Waals surface area (Å²) < 4.78 is 10.8. The fourth-order valence-corrected chi connectivity index (χ4v) is 17.0. The number of ether oxygens (including phenoxy) is 2. The molecule has 2 fully saturated rings. The Kier molecular flexibility index (Phi) is 59.0. The van der Waals surface area contributed by atoms with Gasteiger partial charge in [0.15, 0.2) is 23.4 Å². The lowest BCUT2D eigenvalue weighted by Crippen LogP contribution is -2.60. The van der Waals surface area contributed by atoms with Gasteiger partial charge in [-0.2, -0.15) is 5.21 Å². The zero-order chi connectivity index (χ0) is 109. The maximum absolute atomic E-state index is 14.4. The van der Waals surface area contributed by atoms with E-state index >= 15 is 0 Å². The molecule has 5 aromatic rings. The number of fused-ring (bicyclic) bond motifs is 2. The van der Waals surface area contributed by atoms with E-state index < -0.39 is 201 Å². The van der Waals surface area contributed by atoms with Gasteiger partial charge in [0.25, 0.3) is 0 Å². The van der Waals surface area contributed by atoms with Crippen LogP contribution in [0.4, 0.5) is 0 Å². The Bertz CT molecular complexity index is 5050. The molecule has 2 saturated heterocycles. The number of guanidine groups is 1. The van der Waals surface area contributed by atoms with Crippen LogP contribution >= 0.6 is 0 Å². The van der Waals surface area contributed by atoms with E-state index in [1.807, 2.05) is 31.2 Å². The van der Waals surface area contributed by atoms with Crippen LogP contribution in [-0.4, -0.2) is 343 Å². The Morgan fingerprint density at radius 3 is 1.85 bits per heavy atom. The largest absolute Gasteiger partial charge is 0.480 e. The minimum Gasteiger partial charge on any atom is -0.480 e. The highest BCUT2D eigenvalue weighted by Gasteiger charge is 2.43. The number of Topliss-reactive ketones (excluding diaryl/α,β-unsaturated/α-hetero) is 2. The van der Waals surface area contributed by atoms with Crippen molar-refractivity contribution >= 4 is 123 Å². The molecule has 0 spiro atoms. The summed E-state index contributed by atoms with van der Waals surface area (Å²) >= 11 is 0. The number of H-pyrrole nitrogens is 3. The first kappa shape index (κ1) is 125. The number of aromatic nitrogens is 7. The lowest BCUT2D eigenvalue weighted by atomic mass is 10.0.